The molecule has 0 aromatic carbocycles. The van der Waals surface area contributed by atoms with E-state index in [4.69, 9.17) is 0 Å². The van der Waals surface area contributed by atoms with Gasteiger partial charge in [-0.05, 0) is 37.9 Å². The number of likely N-dealkylation sites (N-methyl/N-ethyl adjacent to an activating group) is 1. The SMILES string of the molecule is CCNC(Cc1ncnn1CC(C)C)c1cc(C)c(C)s1. The van der Waals surface area contributed by atoms with Gasteiger partial charge in [0.1, 0.15) is 12.2 Å². The van der Waals surface area contributed by atoms with E-state index in [0.29, 0.717) is 12.0 Å². The van der Waals surface area contributed by atoms with Gasteiger partial charge < -0.3 is 5.32 Å². The van der Waals surface area contributed by atoms with Crippen molar-refractivity contribution >= 4 is 11.3 Å². The largest absolute Gasteiger partial charge is 0.309 e. The predicted molar refractivity (Wildman–Crippen MR) is 88.8 cm³/mol. The standard InChI is InChI=1S/C16H26N4S/c1-6-17-14(15-7-12(4)13(5)21-15)8-16-18-10-19-20(16)9-11(2)3/h7,10-11,14,17H,6,8-9H2,1-5H3. The molecule has 0 saturated heterocycles. The highest BCUT2D eigenvalue weighted by molar-refractivity contribution is 7.12. The van der Waals surface area contributed by atoms with E-state index in [9.17, 15) is 0 Å². The van der Waals surface area contributed by atoms with E-state index in [1.54, 1.807) is 6.33 Å². The summed E-state index contributed by atoms with van der Waals surface area (Å²) in [5.74, 6) is 1.65. The zero-order valence-electron chi connectivity index (χ0n) is 13.7. The molecule has 116 valence electrons. The van der Waals surface area contributed by atoms with Gasteiger partial charge in [-0.1, -0.05) is 20.8 Å². The fourth-order valence-electron chi connectivity index (χ4n) is 2.42. The van der Waals surface area contributed by atoms with Crippen molar-refractivity contribution in [2.45, 2.75) is 53.6 Å². The van der Waals surface area contributed by atoms with Crippen LogP contribution in [0.4, 0.5) is 0 Å². The summed E-state index contributed by atoms with van der Waals surface area (Å²) in [6.45, 7) is 12.8. The van der Waals surface area contributed by atoms with E-state index in [2.05, 4.69) is 56.1 Å². The maximum absolute atomic E-state index is 4.46. The quantitative estimate of drug-likeness (QED) is 0.851. The van der Waals surface area contributed by atoms with Crippen molar-refractivity contribution in [3.63, 3.8) is 0 Å². The van der Waals surface area contributed by atoms with E-state index in [-0.39, 0.29) is 0 Å². The first-order valence-corrected chi connectivity index (χ1v) is 8.49. The van der Waals surface area contributed by atoms with E-state index < -0.39 is 0 Å². The maximum atomic E-state index is 4.46. The minimum atomic E-state index is 0.322. The molecule has 2 rings (SSSR count). The molecule has 21 heavy (non-hydrogen) atoms. The van der Waals surface area contributed by atoms with Crippen LogP contribution in [0.2, 0.25) is 0 Å². The van der Waals surface area contributed by atoms with Crippen molar-refractivity contribution in [2.75, 3.05) is 6.54 Å². The van der Waals surface area contributed by atoms with Crippen LogP contribution < -0.4 is 5.32 Å². The molecule has 0 amide bonds. The summed E-state index contributed by atoms with van der Waals surface area (Å²) in [5, 5.41) is 7.95. The second kappa shape index (κ2) is 7.18. The minimum Gasteiger partial charge on any atom is -0.309 e. The summed E-state index contributed by atoms with van der Waals surface area (Å²) in [6.07, 6.45) is 2.56. The second-order valence-electron chi connectivity index (χ2n) is 5.95. The third kappa shape index (κ3) is 4.14. The van der Waals surface area contributed by atoms with Crippen molar-refractivity contribution in [3.05, 3.63) is 33.5 Å². The number of hydrogen-bond acceptors (Lipinski definition) is 4. The summed E-state index contributed by atoms with van der Waals surface area (Å²) in [6, 6.07) is 2.62. The molecule has 2 heterocycles. The Hall–Kier alpha value is -1.20. The molecule has 1 atom stereocenters. The minimum absolute atomic E-state index is 0.322. The second-order valence-corrected chi connectivity index (χ2v) is 7.24. The first-order valence-electron chi connectivity index (χ1n) is 7.68. The van der Waals surface area contributed by atoms with Gasteiger partial charge in [0.2, 0.25) is 0 Å². The average Bonchev–Trinajstić information content (AvgIpc) is 2.96. The van der Waals surface area contributed by atoms with Gasteiger partial charge in [0, 0.05) is 28.8 Å². The van der Waals surface area contributed by atoms with E-state index in [1.807, 2.05) is 16.0 Å². The molecular weight excluding hydrogens is 280 g/mol. The van der Waals surface area contributed by atoms with Crippen LogP contribution in [0, 0.1) is 19.8 Å². The highest BCUT2D eigenvalue weighted by atomic mass is 32.1. The van der Waals surface area contributed by atoms with Gasteiger partial charge in [0.25, 0.3) is 0 Å². The Morgan fingerprint density at radius 1 is 1.33 bits per heavy atom. The zero-order chi connectivity index (χ0) is 15.4. The third-order valence-electron chi connectivity index (χ3n) is 3.60. The van der Waals surface area contributed by atoms with Crippen molar-refractivity contribution in [3.8, 4) is 0 Å². The smallest absolute Gasteiger partial charge is 0.138 e. The van der Waals surface area contributed by atoms with Crippen LogP contribution in [0.15, 0.2) is 12.4 Å². The van der Waals surface area contributed by atoms with Gasteiger partial charge in [-0.3, -0.25) is 0 Å². The van der Waals surface area contributed by atoms with Gasteiger partial charge in [-0.15, -0.1) is 11.3 Å². The Morgan fingerprint density at radius 3 is 2.67 bits per heavy atom. The molecule has 1 unspecified atom stereocenters. The van der Waals surface area contributed by atoms with E-state index >= 15 is 0 Å². The van der Waals surface area contributed by atoms with Crippen LogP contribution >= 0.6 is 11.3 Å². The van der Waals surface area contributed by atoms with Crippen molar-refractivity contribution in [1.29, 1.82) is 0 Å². The van der Waals surface area contributed by atoms with Crippen LogP contribution in [0.5, 0.6) is 0 Å². The van der Waals surface area contributed by atoms with Crippen LogP contribution in [-0.4, -0.2) is 21.3 Å². The van der Waals surface area contributed by atoms with Crippen molar-refractivity contribution < 1.29 is 0 Å². The van der Waals surface area contributed by atoms with Crippen LogP contribution in [0.1, 0.15) is 48.0 Å². The lowest BCUT2D eigenvalue weighted by Gasteiger charge is -2.17. The average molecular weight is 306 g/mol. The van der Waals surface area contributed by atoms with Crippen LogP contribution in [0.3, 0.4) is 0 Å². The Bertz CT molecular complexity index is 551. The number of thiophene rings is 1. The Balaban J connectivity index is 2.18. The molecule has 4 nitrogen and oxygen atoms in total. The predicted octanol–water partition coefficient (Wildman–Crippen LogP) is 3.51. The van der Waals surface area contributed by atoms with E-state index in [1.165, 1.54) is 15.3 Å². The molecule has 0 spiro atoms. The molecule has 0 fully saturated rings. The molecular formula is C16H26N4S. The summed E-state index contributed by atoms with van der Waals surface area (Å²) in [5.41, 5.74) is 1.38. The Morgan fingerprint density at radius 2 is 2.10 bits per heavy atom. The maximum Gasteiger partial charge on any atom is 0.138 e. The van der Waals surface area contributed by atoms with E-state index in [0.717, 1.165) is 25.3 Å². The third-order valence-corrected chi connectivity index (χ3v) is 4.87. The first kappa shape index (κ1) is 16.2. The first-order chi connectivity index (χ1) is 10.0. The van der Waals surface area contributed by atoms with Gasteiger partial charge in [-0.2, -0.15) is 5.10 Å². The topological polar surface area (TPSA) is 42.7 Å². The molecule has 0 bridgehead atoms. The lowest BCUT2D eigenvalue weighted by atomic mass is 10.1. The lowest BCUT2D eigenvalue weighted by Crippen LogP contribution is -2.24. The lowest BCUT2D eigenvalue weighted by molar-refractivity contribution is 0.448. The molecule has 2 aromatic rings. The monoisotopic (exact) mass is 306 g/mol. The molecule has 0 aliphatic rings. The van der Waals surface area contributed by atoms with Crippen molar-refractivity contribution in [1.82, 2.24) is 20.1 Å². The summed E-state index contributed by atoms with van der Waals surface area (Å²) in [4.78, 5) is 7.26. The Labute approximate surface area is 131 Å². The highest BCUT2D eigenvalue weighted by Crippen LogP contribution is 2.28. The fourth-order valence-corrected chi connectivity index (χ4v) is 3.54. The van der Waals surface area contributed by atoms with Gasteiger partial charge in [0.15, 0.2) is 0 Å². The van der Waals surface area contributed by atoms with Crippen molar-refractivity contribution in [2.24, 2.45) is 5.92 Å². The molecule has 5 heteroatoms. The summed E-state index contributed by atoms with van der Waals surface area (Å²) < 4.78 is 2.04. The molecule has 0 radical (unpaired) electrons. The van der Waals surface area contributed by atoms with Gasteiger partial charge in [0.05, 0.1) is 0 Å². The van der Waals surface area contributed by atoms with Gasteiger partial charge in [-0.25, -0.2) is 9.67 Å². The molecule has 0 aliphatic carbocycles. The molecule has 1 N–H and O–H groups in total. The highest BCUT2D eigenvalue weighted by Gasteiger charge is 2.18. The molecule has 0 aliphatic heterocycles. The van der Waals surface area contributed by atoms with Crippen LogP contribution in [-0.2, 0) is 13.0 Å². The summed E-state index contributed by atoms with van der Waals surface area (Å²) in [7, 11) is 0. The number of nitrogens with one attached hydrogen (secondary N) is 1. The fraction of sp³-hybridized carbons (Fsp3) is 0.625. The zero-order valence-corrected chi connectivity index (χ0v) is 14.5. The molecule has 2 aromatic heterocycles. The number of aryl methyl sites for hydroxylation is 2. The molecule has 0 saturated carbocycles. The number of aromatic nitrogens is 3. The number of hydrogen-bond donors (Lipinski definition) is 1. The summed E-state index contributed by atoms with van der Waals surface area (Å²) >= 11 is 1.88. The van der Waals surface area contributed by atoms with Gasteiger partial charge >= 0.3 is 0 Å². The number of nitrogens with zero attached hydrogens (tertiary/aromatic N) is 3. The Kier molecular flexibility index (Phi) is 5.53. The normalized spacial score (nSPS) is 13.0. The van der Waals surface area contributed by atoms with Crippen LogP contribution in [0.25, 0.3) is 0 Å². The number of rotatable bonds is 7.